The van der Waals surface area contributed by atoms with Crippen LogP contribution in [0.2, 0.25) is 0 Å². The monoisotopic (exact) mass is 392 g/mol. The first-order valence-corrected chi connectivity index (χ1v) is 11.1. The van der Waals surface area contributed by atoms with E-state index in [9.17, 15) is 17.8 Å². The Hall–Kier alpha value is 0.540. The van der Waals surface area contributed by atoms with Crippen LogP contribution in [0.15, 0.2) is 0 Å². The molecule has 0 aliphatic heterocycles. The van der Waals surface area contributed by atoms with E-state index in [-0.39, 0.29) is 40.4 Å². The molecule has 3 unspecified atom stereocenters. The molecular weight excluding hydrogens is 363 g/mol. The molecule has 142 valence electrons. The average Bonchev–Trinajstić information content (AvgIpc) is 2.82. The first-order chi connectivity index (χ1) is 11.6. The summed E-state index contributed by atoms with van der Waals surface area (Å²) >= 11 is 0. The third-order valence-corrected chi connectivity index (χ3v) is 9.09. The van der Waals surface area contributed by atoms with Gasteiger partial charge in [-0.15, -0.1) is 0 Å². The molecule has 0 spiro atoms. The molecule has 7 atom stereocenters. The first kappa shape index (κ1) is 21.3. The number of Topliss-reactive ketones (excluding diaryl/α,β-unsaturated/α-hetero) is 1. The van der Waals surface area contributed by atoms with E-state index in [0.29, 0.717) is 42.3 Å². The fraction of sp³-hybridized carbons (Fsp3) is 0.947. The fourth-order valence-electron chi connectivity index (χ4n) is 7.24. The molecule has 0 bridgehead atoms. The molecule has 0 radical (unpaired) electrons. The normalized spacial score (nSPS) is 48.1. The van der Waals surface area contributed by atoms with Crippen LogP contribution in [0.3, 0.4) is 0 Å². The Kier molecular flexibility index (Phi) is 5.80. The van der Waals surface area contributed by atoms with Crippen LogP contribution >= 0.6 is 0 Å². The Labute approximate surface area is 179 Å². The van der Waals surface area contributed by atoms with Crippen molar-refractivity contribution in [2.75, 3.05) is 0 Å². The molecule has 0 heterocycles. The number of ketones is 1. The van der Waals surface area contributed by atoms with Crippen LogP contribution in [-0.4, -0.2) is 24.9 Å². The zero-order chi connectivity index (χ0) is 18.0. The maximum atomic E-state index is 12.4. The van der Waals surface area contributed by atoms with Gasteiger partial charge in [0.15, 0.2) is 0 Å². The Morgan fingerprint density at radius 1 is 1.04 bits per heavy atom. The number of carbonyl (C=O) groups excluding carboxylic acids is 1. The van der Waals surface area contributed by atoms with Crippen molar-refractivity contribution in [3.8, 4) is 0 Å². The molecule has 4 aliphatic rings. The zero-order valence-electron chi connectivity index (χ0n) is 16.2. The standard InChI is InChI=1S/C19H30O5S.Na/c1-18-9-7-13(24-25(21,22)23)11-12(18)3-4-14-15-5-6-17(20)19(15,2)10-8-16(14)18;/h12-16H,3-11H2,1-2H3,(H,21,22,23);/q;+1/p-1/t12-,13+,14?,15?,16?,18-,19-;/m0./s1. The van der Waals surface area contributed by atoms with Crippen molar-refractivity contribution in [1.82, 2.24) is 0 Å². The van der Waals surface area contributed by atoms with Crippen LogP contribution in [0.25, 0.3) is 0 Å². The molecule has 0 N–H and O–H groups in total. The Bertz CT molecular complexity index is 679. The fourth-order valence-corrected chi connectivity index (χ4v) is 7.75. The Balaban J connectivity index is 0.00000196. The maximum absolute atomic E-state index is 12.4. The molecule has 26 heavy (non-hydrogen) atoms. The maximum Gasteiger partial charge on any atom is 1.00 e. The van der Waals surface area contributed by atoms with Crippen LogP contribution < -0.4 is 29.6 Å². The van der Waals surface area contributed by atoms with Gasteiger partial charge < -0.3 is 4.55 Å². The van der Waals surface area contributed by atoms with Crippen molar-refractivity contribution in [1.29, 1.82) is 0 Å². The molecule has 0 saturated heterocycles. The molecule has 7 heteroatoms. The third-order valence-electron chi connectivity index (χ3n) is 8.58. The molecule has 0 amide bonds. The SMILES string of the molecule is C[C@]12CCC3C(CC[C@H]4C[C@H](OS(=O)(=O)[O-])CC[C@]34C)C1CCC2=O.[Na+]. The minimum Gasteiger partial charge on any atom is -0.726 e. The van der Waals surface area contributed by atoms with Crippen molar-refractivity contribution < 1.29 is 51.5 Å². The summed E-state index contributed by atoms with van der Waals surface area (Å²) in [4.78, 5) is 12.4. The molecule has 4 rings (SSSR count). The van der Waals surface area contributed by atoms with Crippen molar-refractivity contribution in [3.05, 3.63) is 0 Å². The molecular formula is C19H29NaO5S. The van der Waals surface area contributed by atoms with Gasteiger partial charge >= 0.3 is 29.6 Å². The number of hydrogen-bond acceptors (Lipinski definition) is 5. The topological polar surface area (TPSA) is 83.5 Å². The van der Waals surface area contributed by atoms with E-state index >= 15 is 0 Å². The van der Waals surface area contributed by atoms with Gasteiger partial charge in [0.05, 0.1) is 6.10 Å². The Morgan fingerprint density at radius 3 is 2.46 bits per heavy atom. The van der Waals surface area contributed by atoms with E-state index < -0.39 is 16.5 Å². The average molecular weight is 392 g/mol. The number of rotatable bonds is 2. The van der Waals surface area contributed by atoms with Gasteiger partial charge in [0, 0.05) is 11.8 Å². The molecule has 4 fully saturated rings. The second-order valence-electron chi connectivity index (χ2n) is 9.48. The summed E-state index contributed by atoms with van der Waals surface area (Å²) in [5.74, 6) is 2.69. The zero-order valence-corrected chi connectivity index (χ0v) is 19.0. The quantitative estimate of drug-likeness (QED) is 0.387. The van der Waals surface area contributed by atoms with E-state index in [0.717, 1.165) is 44.9 Å². The van der Waals surface area contributed by atoms with Gasteiger partial charge in [0.25, 0.3) is 0 Å². The van der Waals surface area contributed by atoms with Gasteiger partial charge in [-0.2, -0.15) is 0 Å². The second kappa shape index (κ2) is 7.10. The van der Waals surface area contributed by atoms with Gasteiger partial charge in [-0.1, -0.05) is 13.8 Å². The summed E-state index contributed by atoms with van der Waals surface area (Å²) in [5, 5.41) is 0. The van der Waals surface area contributed by atoms with Gasteiger partial charge in [-0.05, 0) is 80.5 Å². The minimum absolute atomic E-state index is 0. The Morgan fingerprint density at radius 2 is 1.77 bits per heavy atom. The summed E-state index contributed by atoms with van der Waals surface area (Å²) in [6, 6.07) is 0. The van der Waals surface area contributed by atoms with E-state index in [1.807, 2.05) is 0 Å². The van der Waals surface area contributed by atoms with E-state index in [1.165, 1.54) is 0 Å². The van der Waals surface area contributed by atoms with Crippen molar-refractivity contribution in [2.45, 2.75) is 77.7 Å². The van der Waals surface area contributed by atoms with Crippen LogP contribution in [0.1, 0.15) is 71.6 Å². The molecule has 5 nitrogen and oxygen atoms in total. The van der Waals surface area contributed by atoms with Crippen molar-refractivity contribution >= 4 is 16.2 Å². The number of carbonyl (C=O) groups is 1. The van der Waals surface area contributed by atoms with Crippen LogP contribution in [-0.2, 0) is 19.4 Å². The second-order valence-corrected chi connectivity index (χ2v) is 10.5. The van der Waals surface area contributed by atoms with Crippen LogP contribution in [0.4, 0.5) is 0 Å². The summed E-state index contributed by atoms with van der Waals surface area (Å²) in [7, 11) is -4.62. The van der Waals surface area contributed by atoms with E-state index in [4.69, 9.17) is 4.18 Å². The predicted molar refractivity (Wildman–Crippen MR) is 91.3 cm³/mol. The molecule has 0 aromatic carbocycles. The predicted octanol–water partition coefficient (Wildman–Crippen LogP) is 0.448. The first-order valence-electron chi connectivity index (χ1n) is 9.81. The van der Waals surface area contributed by atoms with Crippen molar-refractivity contribution in [3.63, 3.8) is 0 Å². The summed E-state index contributed by atoms with van der Waals surface area (Å²) < 4.78 is 37.6. The van der Waals surface area contributed by atoms with E-state index in [1.54, 1.807) is 0 Å². The molecule has 4 aliphatic carbocycles. The summed E-state index contributed by atoms with van der Waals surface area (Å²) in [6.45, 7) is 4.57. The summed E-state index contributed by atoms with van der Waals surface area (Å²) in [6.07, 6.45) is 7.94. The van der Waals surface area contributed by atoms with Gasteiger partial charge in [0.2, 0.25) is 10.4 Å². The molecule has 0 aromatic heterocycles. The van der Waals surface area contributed by atoms with Crippen molar-refractivity contribution in [2.24, 2.45) is 34.5 Å². The van der Waals surface area contributed by atoms with Gasteiger partial charge in [-0.25, -0.2) is 8.42 Å². The molecule has 0 aromatic rings. The number of fused-ring (bicyclic) bond motifs is 5. The van der Waals surface area contributed by atoms with Crippen LogP contribution in [0, 0.1) is 34.5 Å². The van der Waals surface area contributed by atoms with Gasteiger partial charge in [0.1, 0.15) is 5.78 Å². The largest absolute Gasteiger partial charge is 1.00 e. The van der Waals surface area contributed by atoms with E-state index in [2.05, 4.69) is 13.8 Å². The van der Waals surface area contributed by atoms with Gasteiger partial charge in [-0.3, -0.25) is 8.98 Å². The van der Waals surface area contributed by atoms with Crippen LogP contribution in [0.5, 0.6) is 0 Å². The summed E-state index contributed by atoms with van der Waals surface area (Å²) in [5.41, 5.74) is 0.101. The number of hydrogen-bond donors (Lipinski definition) is 0. The minimum atomic E-state index is -4.62. The third kappa shape index (κ3) is 3.37. The molecule has 4 saturated carbocycles. The smallest absolute Gasteiger partial charge is 0.726 e.